The van der Waals surface area contributed by atoms with Crippen molar-refractivity contribution in [2.75, 3.05) is 46.1 Å². The molecule has 2 saturated heterocycles. The van der Waals surface area contributed by atoms with Crippen LogP contribution in [0.4, 0.5) is 0 Å². The molecule has 4 heteroatoms. The van der Waals surface area contributed by atoms with Crippen LogP contribution in [0.3, 0.4) is 0 Å². The summed E-state index contributed by atoms with van der Waals surface area (Å²) >= 11 is 0. The van der Waals surface area contributed by atoms with Crippen LogP contribution in [0.1, 0.15) is 19.3 Å². The second-order valence-corrected chi connectivity index (χ2v) is 4.83. The number of nitrogens with zero attached hydrogens (tertiary/aromatic N) is 1. The Kier molecular flexibility index (Phi) is 4.32. The molecule has 0 bridgehead atoms. The Morgan fingerprint density at radius 1 is 1.06 bits per heavy atom. The van der Waals surface area contributed by atoms with E-state index in [1.807, 2.05) is 0 Å². The van der Waals surface area contributed by atoms with Gasteiger partial charge in [-0.05, 0) is 19.3 Å². The second-order valence-electron chi connectivity index (χ2n) is 4.83. The lowest BCUT2D eigenvalue weighted by Gasteiger charge is -2.36. The second kappa shape index (κ2) is 5.75. The Morgan fingerprint density at radius 3 is 2.56 bits per heavy atom. The Hall–Kier alpha value is -0.450. The van der Waals surface area contributed by atoms with E-state index in [2.05, 4.69) is 4.90 Å². The van der Waals surface area contributed by atoms with Crippen molar-refractivity contribution in [1.82, 2.24) is 4.90 Å². The molecule has 92 valence electrons. The maximum absolute atomic E-state index is 11.3. The van der Waals surface area contributed by atoms with Crippen LogP contribution in [0.25, 0.3) is 0 Å². The van der Waals surface area contributed by atoms with Gasteiger partial charge in [-0.1, -0.05) is 0 Å². The summed E-state index contributed by atoms with van der Waals surface area (Å²) in [5.41, 5.74) is -0.164. The van der Waals surface area contributed by atoms with E-state index in [0.717, 1.165) is 71.6 Å². The third kappa shape index (κ3) is 3.03. The molecule has 0 atom stereocenters. The molecule has 2 rings (SSSR count). The molecule has 0 unspecified atom stereocenters. The first kappa shape index (κ1) is 12.0. The van der Waals surface area contributed by atoms with Gasteiger partial charge in [0.25, 0.3) is 0 Å². The van der Waals surface area contributed by atoms with Crippen molar-refractivity contribution in [3.8, 4) is 0 Å². The number of hydrogen-bond acceptors (Lipinski definition) is 4. The van der Waals surface area contributed by atoms with Gasteiger partial charge in [-0.3, -0.25) is 4.90 Å². The smallest absolute Gasteiger partial charge is 0.127 e. The van der Waals surface area contributed by atoms with Crippen molar-refractivity contribution in [2.45, 2.75) is 19.3 Å². The van der Waals surface area contributed by atoms with Gasteiger partial charge in [-0.25, -0.2) is 0 Å². The zero-order valence-corrected chi connectivity index (χ0v) is 9.82. The number of rotatable bonds is 3. The van der Waals surface area contributed by atoms with Crippen LogP contribution in [0.5, 0.6) is 0 Å². The summed E-state index contributed by atoms with van der Waals surface area (Å²) in [6.45, 7) is 5.99. The summed E-state index contributed by atoms with van der Waals surface area (Å²) in [7, 11) is 0. The molecule has 2 aliphatic rings. The molecule has 0 saturated carbocycles. The molecule has 2 heterocycles. The van der Waals surface area contributed by atoms with Gasteiger partial charge < -0.3 is 14.3 Å². The van der Waals surface area contributed by atoms with Gasteiger partial charge in [0.05, 0.1) is 6.61 Å². The Balaban J connectivity index is 1.91. The molecular formula is C12H21NO3. The molecule has 0 N–H and O–H groups in total. The summed E-state index contributed by atoms with van der Waals surface area (Å²) in [4.78, 5) is 13.7. The van der Waals surface area contributed by atoms with Crippen molar-refractivity contribution in [1.29, 1.82) is 0 Å². The first-order valence-electron chi connectivity index (χ1n) is 6.19. The number of carbonyl (C=O) groups excluding carboxylic acids is 1. The molecule has 0 amide bonds. The maximum atomic E-state index is 11.3. The van der Waals surface area contributed by atoms with Gasteiger partial charge >= 0.3 is 0 Å². The Morgan fingerprint density at radius 2 is 1.81 bits per heavy atom. The van der Waals surface area contributed by atoms with Crippen molar-refractivity contribution in [3.05, 3.63) is 0 Å². The Bertz CT molecular complexity index is 218. The minimum absolute atomic E-state index is 0.164. The first-order chi connectivity index (χ1) is 7.85. The summed E-state index contributed by atoms with van der Waals surface area (Å²) in [6.07, 6.45) is 3.97. The van der Waals surface area contributed by atoms with Crippen molar-refractivity contribution >= 4 is 6.29 Å². The standard InChI is InChI=1S/C12H21NO3/c14-11-12(2-7-16-8-3-12)10-13-4-1-6-15-9-5-13/h11H,1-10H2. The predicted molar refractivity (Wildman–Crippen MR) is 60.4 cm³/mol. The zero-order valence-electron chi connectivity index (χ0n) is 9.82. The van der Waals surface area contributed by atoms with Crippen LogP contribution in [0, 0.1) is 5.41 Å². The third-order valence-corrected chi connectivity index (χ3v) is 3.59. The Labute approximate surface area is 96.9 Å². The average Bonchev–Trinajstić information content (AvgIpc) is 2.59. The van der Waals surface area contributed by atoms with E-state index >= 15 is 0 Å². The average molecular weight is 227 g/mol. The SMILES string of the molecule is O=CC1(CN2CCCOCC2)CCOCC1. The van der Waals surface area contributed by atoms with E-state index in [9.17, 15) is 4.79 Å². The van der Waals surface area contributed by atoms with Crippen LogP contribution in [-0.2, 0) is 14.3 Å². The number of carbonyl (C=O) groups is 1. The predicted octanol–water partition coefficient (Wildman–Crippen LogP) is 0.704. The lowest BCUT2D eigenvalue weighted by molar-refractivity contribution is -0.123. The monoisotopic (exact) mass is 227 g/mol. The van der Waals surface area contributed by atoms with E-state index in [-0.39, 0.29) is 5.41 Å². The fourth-order valence-corrected chi connectivity index (χ4v) is 2.49. The molecule has 0 spiro atoms. The number of hydrogen-bond donors (Lipinski definition) is 0. The van der Waals surface area contributed by atoms with E-state index in [4.69, 9.17) is 9.47 Å². The topological polar surface area (TPSA) is 38.8 Å². The molecule has 16 heavy (non-hydrogen) atoms. The minimum Gasteiger partial charge on any atom is -0.381 e. The van der Waals surface area contributed by atoms with Gasteiger partial charge in [0, 0.05) is 44.9 Å². The van der Waals surface area contributed by atoms with E-state index in [1.165, 1.54) is 0 Å². The molecule has 0 radical (unpaired) electrons. The lowest BCUT2D eigenvalue weighted by atomic mass is 9.81. The lowest BCUT2D eigenvalue weighted by Crippen LogP contribution is -2.43. The van der Waals surface area contributed by atoms with Crippen LogP contribution in [0.2, 0.25) is 0 Å². The number of aldehydes is 1. The maximum Gasteiger partial charge on any atom is 0.127 e. The zero-order chi connectivity index (χ0) is 11.3. The van der Waals surface area contributed by atoms with Gasteiger partial charge in [0.15, 0.2) is 0 Å². The fraction of sp³-hybridized carbons (Fsp3) is 0.917. The van der Waals surface area contributed by atoms with E-state index < -0.39 is 0 Å². The van der Waals surface area contributed by atoms with Crippen LogP contribution >= 0.6 is 0 Å². The van der Waals surface area contributed by atoms with Gasteiger partial charge in [0.2, 0.25) is 0 Å². The molecule has 2 fully saturated rings. The highest BCUT2D eigenvalue weighted by molar-refractivity contribution is 5.60. The first-order valence-corrected chi connectivity index (χ1v) is 6.19. The minimum atomic E-state index is -0.164. The van der Waals surface area contributed by atoms with Gasteiger partial charge in [-0.2, -0.15) is 0 Å². The normalized spacial score (nSPS) is 27.2. The summed E-state index contributed by atoms with van der Waals surface area (Å²) in [5, 5.41) is 0. The largest absolute Gasteiger partial charge is 0.381 e. The molecule has 0 aromatic rings. The highest BCUT2D eigenvalue weighted by Gasteiger charge is 2.34. The van der Waals surface area contributed by atoms with Crippen LogP contribution < -0.4 is 0 Å². The van der Waals surface area contributed by atoms with Crippen molar-refractivity contribution < 1.29 is 14.3 Å². The number of ether oxygens (including phenoxy) is 2. The fourth-order valence-electron chi connectivity index (χ4n) is 2.49. The summed E-state index contributed by atoms with van der Waals surface area (Å²) < 4.78 is 10.8. The summed E-state index contributed by atoms with van der Waals surface area (Å²) in [6, 6.07) is 0. The van der Waals surface area contributed by atoms with E-state index in [0.29, 0.717) is 0 Å². The molecule has 0 aromatic heterocycles. The third-order valence-electron chi connectivity index (χ3n) is 3.59. The van der Waals surface area contributed by atoms with E-state index in [1.54, 1.807) is 0 Å². The molecular weight excluding hydrogens is 206 g/mol. The quantitative estimate of drug-likeness (QED) is 0.665. The molecule has 4 nitrogen and oxygen atoms in total. The molecule has 2 aliphatic heterocycles. The van der Waals surface area contributed by atoms with Crippen LogP contribution in [0.15, 0.2) is 0 Å². The summed E-state index contributed by atoms with van der Waals surface area (Å²) in [5.74, 6) is 0. The van der Waals surface area contributed by atoms with Gasteiger partial charge in [-0.15, -0.1) is 0 Å². The van der Waals surface area contributed by atoms with Crippen molar-refractivity contribution in [3.63, 3.8) is 0 Å². The van der Waals surface area contributed by atoms with Crippen LogP contribution in [-0.4, -0.2) is 57.2 Å². The van der Waals surface area contributed by atoms with Crippen molar-refractivity contribution in [2.24, 2.45) is 5.41 Å². The highest BCUT2D eigenvalue weighted by Crippen LogP contribution is 2.29. The highest BCUT2D eigenvalue weighted by atomic mass is 16.5. The van der Waals surface area contributed by atoms with Gasteiger partial charge in [0.1, 0.15) is 6.29 Å². The molecule has 0 aromatic carbocycles. The molecule has 0 aliphatic carbocycles.